The number of halogens is 3. The van der Waals surface area contributed by atoms with Crippen LogP contribution < -0.4 is 0 Å². The standard InChI is InChI=1S/C17H17BrClF/c1-12-5-7-13(8-6-12)9-14(11-19)10-15-3-2-4-16(20)17(15)18/h2-8,14H,9-11H2,1H3. The molecule has 3 heteroatoms. The summed E-state index contributed by atoms with van der Waals surface area (Å²) in [6, 6.07) is 13.6. The zero-order valence-corrected chi connectivity index (χ0v) is 13.7. The van der Waals surface area contributed by atoms with Gasteiger partial charge in [0.2, 0.25) is 0 Å². The second kappa shape index (κ2) is 7.24. The number of hydrogen-bond acceptors (Lipinski definition) is 0. The van der Waals surface area contributed by atoms with Gasteiger partial charge in [-0.25, -0.2) is 4.39 Å². The minimum absolute atomic E-state index is 0.217. The highest BCUT2D eigenvalue weighted by molar-refractivity contribution is 9.10. The average Bonchev–Trinajstić information content (AvgIpc) is 2.45. The summed E-state index contributed by atoms with van der Waals surface area (Å²) in [5.74, 6) is 0.653. The van der Waals surface area contributed by atoms with Crippen LogP contribution in [-0.2, 0) is 12.8 Å². The molecule has 106 valence electrons. The van der Waals surface area contributed by atoms with Gasteiger partial charge in [-0.1, -0.05) is 42.0 Å². The van der Waals surface area contributed by atoms with Crippen LogP contribution in [0.25, 0.3) is 0 Å². The molecule has 0 spiro atoms. The van der Waals surface area contributed by atoms with Gasteiger partial charge in [-0.3, -0.25) is 0 Å². The van der Waals surface area contributed by atoms with E-state index in [0.29, 0.717) is 16.3 Å². The molecule has 0 saturated heterocycles. The monoisotopic (exact) mass is 354 g/mol. The Morgan fingerprint density at radius 3 is 2.45 bits per heavy atom. The second-order valence-corrected chi connectivity index (χ2v) is 6.23. The first-order chi connectivity index (χ1) is 9.60. The molecule has 0 N–H and O–H groups in total. The van der Waals surface area contributed by atoms with E-state index in [2.05, 4.69) is 47.1 Å². The molecule has 20 heavy (non-hydrogen) atoms. The predicted octanol–water partition coefficient (Wildman–Crippen LogP) is 5.54. The molecule has 0 aliphatic carbocycles. The number of rotatable bonds is 5. The van der Waals surface area contributed by atoms with E-state index < -0.39 is 0 Å². The maximum atomic E-state index is 13.5. The molecule has 0 saturated carbocycles. The molecule has 0 amide bonds. The largest absolute Gasteiger partial charge is 0.206 e. The number of benzene rings is 2. The highest BCUT2D eigenvalue weighted by Gasteiger charge is 2.13. The minimum Gasteiger partial charge on any atom is -0.206 e. The molecule has 2 aromatic rings. The van der Waals surface area contributed by atoms with Crippen LogP contribution in [0, 0.1) is 18.7 Å². The van der Waals surface area contributed by atoms with E-state index in [4.69, 9.17) is 11.6 Å². The highest BCUT2D eigenvalue weighted by atomic mass is 79.9. The summed E-state index contributed by atoms with van der Waals surface area (Å²) in [6.45, 7) is 2.08. The Morgan fingerprint density at radius 2 is 1.80 bits per heavy atom. The molecular formula is C17H17BrClF. The van der Waals surface area contributed by atoms with Gasteiger partial charge in [0.05, 0.1) is 4.47 Å². The lowest BCUT2D eigenvalue weighted by Crippen LogP contribution is -2.11. The summed E-state index contributed by atoms with van der Waals surface area (Å²) in [6.07, 6.45) is 1.68. The van der Waals surface area contributed by atoms with Gasteiger partial charge in [0.1, 0.15) is 5.82 Å². The Kier molecular flexibility index (Phi) is 5.62. The van der Waals surface area contributed by atoms with E-state index in [1.165, 1.54) is 17.2 Å². The van der Waals surface area contributed by atoms with E-state index >= 15 is 0 Å². The third-order valence-corrected chi connectivity index (χ3v) is 4.73. The smallest absolute Gasteiger partial charge is 0.137 e. The van der Waals surface area contributed by atoms with Crippen LogP contribution in [0.15, 0.2) is 46.9 Å². The second-order valence-electron chi connectivity index (χ2n) is 5.13. The third-order valence-electron chi connectivity index (χ3n) is 3.40. The van der Waals surface area contributed by atoms with Gasteiger partial charge >= 0.3 is 0 Å². The molecule has 1 unspecified atom stereocenters. The van der Waals surface area contributed by atoms with Crippen molar-refractivity contribution in [3.05, 3.63) is 69.4 Å². The van der Waals surface area contributed by atoms with Gasteiger partial charge in [-0.15, -0.1) is 11.6 Å². The van der Waals surface area contributed by atoms with Crippen LogP contribution in [0.1, 0.15) is 16.7 Å². The number of alkyl halides is 1. The zero-order chi connectivity index (χ0) is 14.5. The summed E-state index contributed by atoms with van der Waals surface area (Å²) in [7, 11) is 0. The molecule has 0 radical (unpaired) electrons. The molecule has 2 rings (SSSR count). The summed E-state index contributed by atoms with van der Waals surface area (Å²) >= 11 is 9.40. The van der Waals surface area contributed by atoms with Gasteiger partial charge in [0, 0.05) is 5.88 Å². The summed E-state index contributed by atoms with van der Waals surface area (Å²) in [4.78, 5) is 0. The molecule has 1 atom stereocenters. The Labute approximate surface area is 133 Å². The van der Waals surface area contributed by atoms with Crippen LogP contribution in [-0.4, -0.2) is 5.88 Å². The predicted molar refractivity (Wildman–Crippen MR) is 86.9 cm³/mol. The van der Waals surface area contributed by atoms with Crippen molar-refractivity contribution >= 4 is 27.5 Å². The Hall–Kier alpha value is -0.860. The molecular weight excluding hydrogens is 339 g/mol. The zero-order valence-electron chi connectivity index (χ0n) is 11.4. The number of aryl methyl sites for hydroxylation is 1. The highest BCUT2D eigenvalue weighted by Crippen LogP contribution is 2.25. The first-order valence-electron chi connectivity index (χ1n) is 6.64. The topological polar surface area (TPSA) is 0 Å². The van der Waals surface area contributed by atoms with Crippen LogP contribution in [0.3, 0.4) is 0 Å². The van der Waals surface area contributed by atoms with E-state index in [9.17, 15) is 4.39 Å². The van der Waals surface area contributed by atoms with Crippen LogP contribution in [0.5, 0.6) is 0 Å². The van der Waals surface area contributed by atoms with E-state index in [-0.39, 0.29) is 5.82 Å². The third kappa shape index (κ3) is 4.07. The molecule has 0 aromatic heterocycles. The van der Waals surface area contributed by atoms with Gasteiger partial charge in [-0.05, 0) is 58.8 Å². The quantitative estimate of drug-likeness (QED) is 0.618. The van der Waals surface area contributed by atoms with Gasteiger partial charge in [0.25, 0.3) is 0 Å². The first kappa shape index (κ1) is 15.5. The van der Waals surface area contributed by atoms with Crippen LogP contribution in [0.4, 0.5) is 4.39 Å². The van der Waals surface area contributed by atoms with Crippen molar-refractivity contribution in [2.45, 2.75) is 19.8 Å². The summed E-state index contributed by atoms with van der Waals surface area (Å²) < 4.78 is 14.1. The van der Waals surface area contributed by atoms with Crippen LogP contribution in [0.2, 0.25) is 0 Å². The molecule has 0 nitrogen and oxygen atoms in total. The lowest BCUT2D eigenvalue weighted by Gasteiger charge is -2.15. The maximum absolute atomic E-state index is 13.5. The van der Waals surface area contributed by atoms with Gasteiger partial charge in [-0.2, -0.15) is 0 Å². The van der Waals surface area contributed by atoms with Crippen molar-refractivity contribution in [2.75, 3.05) is 5.88 Å². The lowest BCUT2D eigenvalue weighted by molar-refractivity contribution is 0.572. The summed E-state index contributed by atoms with van der Waals surface area (Å²) in [5.41, 5.74) is 3.50. The molecule has 0 fully saturated rings. The fourth-order valence-corrected chi connectivity index (χ4v) is 2.90. The van der Waals surface area contributed by atoms with Crippen molar-refractivity contribution in [3.8, 4) is 0 Å². The Morgan fingerprint density at radius 1 is 1.10 bits per heavy atom. The van der Waals surface area contributed by atoms with Crippen molar-refractivity contribution in [1.82, 2.24) is 0 Å². The SMILES string of the molecule is Cc1ccc(CC(CCl)Cc2cccc(F)c2Br)cc1. The Balaban J connectivity index is 2.09. The fraction of sp³-hybridized carbons (Fsp3) is 0.294. The average molecular weight is 356 g/mol. The summed E-state index contributed by atoms with van der Waals surface area (Å²) in [5, 5.41) is 0. The molecule has 2 aromatic carbocycles. The van der Waals surface area contributed by atoms with Gasteiger partial charge in [0.15, 0.2) is 0 Å². The number of hydrogen-bond donors (Lipinski definition) is 0. The van der Waals surface area contributed by atoms with Crippen molar-refractivity contribution in [3.63, 3.8) is 0 Å². The van der Waals surface area contributed by atoms with Crippen molar-refractivity contribution in [2.24, 2.45) is 5.92 Å². The minimum atomic E-state index is -0.217. The molecule has 0 heterocycles. The van der Waals surface area contributed by atoms with Crippen LogP contribution >= 0.6 is 27.5 Å². The first-order valence-corrected chi connectivity index (χ1v) is 7.97. The fourth-order valence-electron chi connectivity index (χ4n) is 2.26. The van der Waals surface area contributed by atoms with E-state index in [1.807, 2.05) is 6.07 Å². The molecule has 0 bridgehead atoms. The van der Waals surface area contributed by atoms with Crippen molar-refractivity contribution in [1.29, 1.82) is 0 Å². The van der Waals surface area contributed by atoms with Crippen molar-refractivity contribution < 1.29 is 4.39 Å². The Bertz CT molecular complexity index is 566. The maximum Gasteiger partial charge on any atom is 0.137 e. The lowest BCUT2D eigenvalue weighted by atomic mass is 9.93. The van der Waals surface area contributed by atoms with Gasteiger partial charge < -0.3 is 0 Å². The van der Waals surface area contributed by atoms with E-state index in [0.717, 1.165) is 18.4 Å². The molecule has 0 aliphatic rings. The normalized spacial score (nSPS) is 12.4. The van der Waals surface area contributed by atoms with E-state index in [1.54, 1.807) is 6.07 Å². The molecule has 0 aliphatic heterocycles.